The van der Waals surface area contributed by atoms with Gasteiger partial charge in [0.05, 0.1) is 12.1 Å². The van der Waals surface area contributed by atoms with Crippen molar-refractivity contribution >= 4 is 16.8 Å². The summed E-state index contributed by atoms with van der Waals surface area (Å²) in [7, 11) is 0. The van der Waals surface area contributed by atoms with Crippen LogP contribution in [-0.2, 0) is 6.54 Å². The predicted octanol–water partition coefficient (Wildman–Crippen LogP) is 1.18. The number of rotatable bonds is 4. The Kier molecular flexibility index (Phi) is 4.53. The first-order valence-electron chi connectivity index (χ1n) is 8.82. The number of para-hydroxylation sites is 1. The van der Waals surface area contributed by atoms with Crippen LogP contribution >= 0.6 is 0 Å². The quantitative estimate of drug-likeness (QED) is 0.766. The van der Waals surface area contributed by atoms with E-state index in [1.54, 1.807) is 18.5 Å². The fourth-order valence-electron chi connectivity index (χ4n) is 3.38. The van der Waals surface area contributed by atoms with E-state index in [-0.39, 0.29) is 11.5 Å². The van der Waals surface area contributed by atoms with Gasteiger partial charge in [0.2, 0.25) is 0 Å². The number of H-pyrrole nitrogens is 1. The van der Waals surface area contributed by atoms with Crippen molar-refractivity contribution in [2.24, 2.45) is 0 Å². The van der Waals surface area contributed by atoms with Crippen LogP contribution in [0.4, 0.5) is 0 Å². The maximum Gasteiger partial charge on any atom is 0.266 e. The number of aromatic nitrogens is 3. The van der Waals surface area contributed by atoms with E-state index >= 15 is 0 Å². The number of carbonyl (C=O) groups is 1. The van der Waals surface area contributed by atoms with Gasteiger partial charge in [0, 0.05) is 62.1 Å². The minimum Gasteiger partial charge on any atom is -0.360 e. The lowest BCUT2D eigenvalue weighted by Crippen LogP contribution is -2.49. The molecule has 0 radical (unpaired) electrons. The van der Waals surface area contributed by atoms with Crippen LogP contribution in [0.2, 0.25) is 0 Å². The molecule has 3 aromatic rings. The number of hydrogen-bond donors (Lipinski definition) is 1. The van der Waals surface area contributed by atoms with Gasteiger partial charge in [-0.3, -0.25) is 14.5 Å². The molecule has 7 heteroatoms. The second kappa shape index (κ2) is 7.13. The molecule has 1 fully saturated rings. The Labute approximate surface area is 150 Å². The van der Waals surface area contributed by atoms with Crippen LogP contribution in [0.15, 0.2) is 53.6 Å². The first-order chi connectivity index (χ1) is 12.7. The van der Waals surface area contributed by atoms with Gasteiger partial charge in [0.25, 0.3) is 11.5 Å². The third-order valence-electron chi connectivity index (χ3n) is 4.89. The highest BCUT2D eigenvalue weighted by Gasteiger charge is 2.23. The molecule has 1 aliphatic rings. The largest absolute Gasteiger partial charge is 0.360 e. The third kappa shape index (κ3) is 3.25. The molecule has 0 unspecified atom stereocenters. The van der Waals surface area contributed by atoms with Gasteiger partial charge in [-0.15, -0.1) is 0 Å². The first-order valence-corrected chi connectivity index (χ1v) is 8.82. The van der Waals surface area contributed by atoms with E-state index in [2.05, 4.69) is 15.0 Å². The zero-order valence-electron chi connectivity index (χ0n) is 14.5. The van der Waals surface area contributed by atoms with E-state index in [0.29, 0.717) is 19.6 Å². The minimum atomic E-state index is -0.0827. The summed E-state index contributed by atoms with van der Waals surface area (Å²) >= 11 is 0. The summed E-state index contributed by atoms with van der Waals surface area (Å²) in [4.78, 5) is 31.9. The summed E-state index contributed by atoms with van der Waals surface area (Å²) in [6.45, 7) is 4.30. The maximum atomic E-state index is 12.8. The summed E-state index contributed by atoms with van der Waals surface area (Å²) in [6.07, 6.45) is 3.42. The monoisotopic (exact) mass is 351 g/mol. The Morgan fingerprint density at radius 2 is 1.85 bits per heavy atom. The lowest BCUT2D eigenvalue weighted by molar-refractivity contribution is 0.0633. The highest BCUT2D eigenvalue weighted by molar-refractivity contribution is 6.06. The SMILES string of the molecule is O=C(c1c[nH]c2ccccc12)N1CCN(CCn2ncccc2=O)CC1. The van der Waals surface area contributed by atoms with Crippen LogP contribution in [0.3, 0.4) is 0 Å². The van der Waals surface area contributed by atoms with Gasteiger partial charge >= 0.3 is 0 Å². The second-order valence-electron chi connectivity index (χ2n) is 6.47. The lowest BCUT2D eigenvalue weighted by Gasteiger charge is -2.34. The molecule has 0 atom stereocenters. The van der Waals surface area contributed by atoms with Crippen LogP contribution in [0.25, 0.3) is 10.9 Å². The Morgan fingerprint density at radius 1 is 1.04 bits per heavy atom. The molecule has 0 spiro atoms. The minimum absolute atomic E-state index is 0.0723. The highest BCUT2D eigenvalue weighted by atomic mass is 16.2. The van der Waals surface area contributed by atoms with Gasteiger partial charge < -0.3 is 9.88 Å². The van der Waals surface area contributed by atoms with Gasteiger partial charge in [0.15, 0.2) is 0 Å². The molecule has 1 aromatic carbocycles. The number of aromatic amines is 1. The van der Waals surface area contributed by atoms with E-state index in [1.165, 1.54) is 10.7 Å². The molecule has 134 valence electrons. The average Bonchev–Trinajstić information content (AvgIpc) is 3.11. The van der Waals surface area contributed by atoms with E-state index in [9.17, 15) is 9.59 Å². The fraction of sp³-hybridized carbons (Fsp3) is 0.316. The molecule has 0 saturated carbocycles. The van der Waals surface area contributed by atoms with Gasteiger partial charge in [-0.1, -0.05) is 18.2 Å². The molecular weight excluding hydrogens is 330 g/mol. The lowest BCUT2D eigenvalue weighted by atomic mass is 10.1. The first kappa shape index (κ1) is 16.5. The van der Waals surface area contributed by atoms with Gasteiger partial charge in [-0.2, -0.15) is 5.10 Å². The summed E-state index contributed by atoms with van der Waals surface area (Å²) in [5.41, 5.74) is 1.63. The van der Waals surface area contributed by atoms with Crippen LogP contribution < -0.4 is 5.56 Å². The number of carbonyl (C=O) groups excluding carboxylic acids is 1. The number of piperazine rings is 1. The molecule has 2 aromatic heterocycles. The van der Waals surface area contributed by atoms with E-state index in [1.807, 2.05) is 29.2 Å². The molecular formula is C19H21N5O2. The Hall–Kier alpha value is -2.93. The predicted molar refractivity (Wildman–Crippen MR) is 99.1 cm³/mol. The number of hydrogen-bond acceptors (Lipinski definition) is 4. The fourth-order valence-corrected chi connectivity index (χ4v) is 3.38. The van der Waals surface area contributed by atoms with Crippen LogP contribution in [0, 0.1) is 0 Å². The highest BCUT2D eigenvalue weighted by Crippen LogP contribution is 2.20. The molecule has 4 rings (SSSR count). The molecule has 7 nitrogen and oxygen atoms in total. The Morgan fingerprint density at radius 3 is 2.65 bits per heavy atom. The standard InChI is InChI=1S/C19H21N5O2/c25-18-6-3-7-21-24(18)13-10-22-8-11-23(12-9-22)19(26)16-14-20-17-5-2-1-4-15(16)17/h1-7,14,20H,8-13H2. The summed E-state index contributed by atoms with van der Waals surface area (Å²) in [5, 5.41) is 5.05. The van der Waals surface area contributed by atoms with Gasteiger partial charge in [0.1, 0.15) is 0 Å². The molecule has 1 aliphatic heterocycles. The molecule has 1 amide bonds. The van der Waals surface area contributed by atoms with Crippen molar-refractivity contribution in [3.8, 4) is 0 Å². The van der Waals surface area contributed by atoms with Crippen LogP contribution in [0.1, 0.15) is 10.4 Å². The van der Waals surface area contributed by atoms with E-state index in [0.717, 1.165) is 36.1 Å². The maximum absolute atomic E-state index is 12.8. The molecule has 26 heavy (non-hydrogen) atoms. The molecule has 0 aliphatic carbocycles. The molecule has 1 saturated heterocycles. The van der Waals surface area contributed by atoms with Crippen molar-refractivity contribution in [3.63, 3.8) is 0 Å². The summed E-state index contributed by atoms with van der Waals surface area (Å²) < 4.78 is 1.48. The van der Waals surface area contributed by atoms with E-state index in [4.69, 9.17) is 0 Å². The third-order valence-corrected chi connectivity index (χ3v) is 4.89. The van der Waals surface area contributed by atoms with Gasteiger partial charge in [-0.25, -0.2) is 4.68 Å². The molecule has 1 N–H and O–H groups in total. The van der Waals surface area contributed by atoms with Crippen molar-refractivity contribution in [3.05, 3.63) is 64.7 Å². The average molecular weight is 351 g/mol. The van der Waals surface area contributed by atoms with Crippen molar-refractivity contribution in [1.29, 1.82) is 0 Å². The zero-order valence-corrected chi connectivity index (χ0v) is 14.5. The summed E-state index contributed by atoms with van der Waals surface area (Å²) in [5.74, 6) is 0.0723. The summed E-state index contributed by atoms with van der Waals surface area (Å²) in [6, 6.07) is 11.0. The zero-order chi connectivity index (χ0) is 17.9. The van der Waals surface area contributed by atoms with E-state index < -0.39 is 0 Å². The second-order valence-corrected chi connectivity index (χ2v) is 6.47. The van der Waals surface area contributed by atoms with Crippen LogP contribution in [-0.4, -0.2) is 63.2 Å². The number of benzene rings is 1. The Balaban J connectivity index is 1.35. The number of nitrogens with one attached hydrogen (secondary N) is 1. The van der Waals surface area contributed by atoms with Crippen LogP contribution in [0.5, 0.6) is 0 Å². The smallest absolute Gasteiger partial charge is 0.266 e. The number of fused-ring (bicyclic) bond motifs is 1. The Bertz CT molecular complexity index is 969. The van der Waals surface area contributed by atoms with Crippen molar-refractivity contribution in [2.45, 2.75) is 6.54 Å². The van der Waals surface area contributed by atoms with Crippen molar-refractivity contribution in [2.75, 3.05) is 32.7 Å². The van der Waals surface area contributed by atoms with Crippen molar-refractivity contribution in [1.82, 2.24) is 24.6 Å². The van der Waals surface area contributed by atoms with Crippen molar-refractivity contribution < 1.29 is 4.79 Å². The topological polar surface area (TPSA) is 74.2 Å². The normalized spacial score (nSPS) is 15.5. The molecule has 3 heterocycles. The number of nitrogens with zero attached hydrogens (tertiary/aromatic N) is 4. The van der Waals surface area contributed by atoms with Gasteiger partial charge in [-0.05, 0) is 12.1 Å². The molecule has 0 bridgehead atoms. The number of amides is 1.